The van der Waals surface area contributed by atoms with Gasteiger partial charge in [0, 0.05) is 27.7 Å². The predicted octanol–water partition coefficient (Wildman–Crippen LogP) is 4.77. The molecular formula is C13H7Cl2NOS. The van der Waals surface area contributed by atoms with E-state index in [-0.39, 0.29) is 5.78 Å². The summed E-state index contributed by atoms with van der Waals surface area (Å²) in [5, 5.41) is 3.71. The van der Waals surface area contributed by atoms with Gasteiger partial charge in [-0.25, -0.2) is 0 Å². The van der Waals surface area contributed by atoms with Crippen molar-refractivity contribution in [2.24, 2.45) is 0 Å². The lowest BCUT2D eigenvalue weighted by atomic mass is 10.1. The molecule has 0 unspecified atom stereocenters. The van der Waals surface area contributed by atoms with Crippen LogP contribution < -0.4 is 0 Å². The molecule has 2 heterocycles. The van der Waals surface area contributed by atoms with Gasteiger partial charge in [-0.2, -0.15) is 0 Å². The van der Waals surface area contributed by atoms with Crippen molar-refractivity contribution in [3.8, 4) is 0 Å². The van der Waals surface area contributed by atoms with Gasteiger partial charge in [0.15, 0.2) is 0 Å². The molecule has 0 aliphatic heterocycles. The van der Waals surface area contributed by atoms with Gasteiger partial charge in [0.25, 0.3) is 0 Å². The smallest absolute Gasteiger partial charge is 0.206 e. The van der Waals surface area contributed by atoms with Crippen LogP contribution in [0, 0.1) is 0 Å². The Morgan fingerprint density at radius 3 is 2.78 bits per heavy atom. The van der Waals surface area contributed by atoms with E-state index in [1.807, 2.05) is 6.07 Å². The van der Waals surface area contributed by atoms with E-state index in [2.05, 4.69) is 4.98 Å². The van der Waals surface area contributed by atoms with E-state index in [9.17, 15) is 4.79 Å². The summed E-state index contributed by atoms with van der Waals surface area (Å²) in [4.78, 5) is 16.0. The van der Waals surface area contributed by atoms with Crippen molar-refractivity contribution < 1.29 is 4.79 Å². The van der Waals surface area contributed by atoms with Crippen molar-refractivity contribution in [2.45, 2.75) is 0 Å². The lowest BCUT2D eigenvalue weighted by Crippen LogP contribution is -1.97. The molecule has 0 saturated carbocycles. The van der Waals surface area contributed by atoms with Crippen molar-refractivity contribution in [1.82, 2.24) is 4.98 Å². The van der Waals surface area contributed by atoms with Crippen molar-refractivity contribution in [3.63, 3.8) is 0 Å². The number of benzene rings is 1. The van der Waals surface area contributed by atoms with Gasteiger partial charge in [-0.15, -0.1) is 11.3 Å². The first-order chi connectivity index (χ1) is 8.66. The molecule has 0 aliphatic carbocycles. The average molecular weight is 296 g/mol. The van der Waals surface area contributed by atoms with E-state index < -0.39 is 0 Å². The van der Waals surface area contributed by atoms with Gasteiger partial charge in [0.2, 0.25) is 5.78 Å². The lowest BCUT2D eigenvalue weighted by molar-refractivity contribution is 0.104. The van der Waals surface area contributed by atoms with Crippen LogP contribution in [-0.2, 0) is 0 Å². The van der Waals surface area contributed by atoms with Crippen LogP contribution in [-0.4, -0.2) is 10.8 Å². The molecule has 90 valence electrons. The molecule has 2 aromatic heterocycles. The summed E-state index contributed by atoms with van der Waals surface area (Å²) >= 11 is 13.3. The number of hydrogen-bond acceptors (Lipinski definition) is 2. The van der Waals surface area contributed by atoms with Crippen LogP contribution in [0.4, 0.5) is 0 Å². The summed E-state index contributed by atoms with van der Waals surface area (Å²) < 4.78 is 0. The van der Waals surface area contributed by atoms with Gasteiger partial charge in [-0.3, -0.25) is 4.79 Å². The molecule has 0 bridgehead atoms. The number of carbonyl (C=O) groups excluding carboxylic acids is 1. The van der Waals surface area contributed by atoms with Gasteiger partial charge in [-0.05, 0) is 29.6 Å². The number of thiophene rings is 1. The summed E-state index contributed by atoms with van der Waals surface area (Å²) in [7, 11) is 0. The molecule has 18 heavy (non-hydrogen) atoms. The molecule has 0 radical (unpaired) electrons. The zero-order valence-electron chi connectivity index (χ0n) is 9.04. The molecule has 0 fully saturated rings. The maximum atomic E-state index is 12.4. The zero-order chi connectivity index (χ0) is 12.7. The largest absolute Gasteiger partial charge is 0.360 e. The number of H-pyrrole nitrogens is 1. The summed E-state index contributed by atoms with van der Waals surface area (Å²) in [6.07, 6.45) is 1.69. The van der Waals surface area contributed by atoms with Crippen LogP contribution in [0.5, 0.6) is 0 Å². The van der Waals surface area contributed by atoms with Crippen LogP contribution in [0.25, 0.3) is 10.9 Å². The van der Waals surface area contributed by atoms with Gasteiger partial charge < -0.3 is 4.98 Å². The minimum absolute atomic E-state index is 0.0801. The highest BCUT2D eigenvalue weighted by Gasteiger charge is 2.18. The van der Waals surface area contributed by atoms with Gasteiger partial charge >= 0.3 is 0 Å². The van der Waals surface area contributed by atoms with Crippen molar-refractivity contribution >= 4 is 51.2 Å². The Bertz CT molecular complexity index is 744. The summed E-state index contributed by atoms with van der Waals surface area (Å²) in [6, 6.07) is 7.14. The first-order valence-electron chi connectivity index (χ1n) is 5.21. The van der Waals surface area contributed by atoms with E-state index in [0.717, 1.165) is 10.9 Å². The second-order valence-electron chi connectivity index (χ2n) is 3.82. The van der Waals surface area contributed by atoms with Crippen molar-refractivity contribution in [2.75, 3.05) is 0 Å². The topological polar surface area (TPSA) is 32.9 Å². The van der Waals surface area contributed by atoms with Crippen LogP contribution in [0.1, 0.15) is 15.2 Å². The fraction of sp³-hybridized carbons (Fsp3) is 0. The standard InChI is InChI=1S/C13H7Cl2NOS/c14-7-1-2-11-8(5-7)9(6-16-11)12(17)13-10(15)3-4-18-13/h1-6,16H. The molecule has 3 aromatic rings. The van der Waals surface area contributed by atoms with E-state index in [1.54, 1.807) is 29.8 Å². The molecule has 3 rings (SSSR count). The zero-order valence-corrected chi connectivity index (χ0v) is 11.4. The van der Waals surface area contributed by atoms with Crippen molar-refractivity contribution in [1.29, 1.82) is 0 Å². The number of halogens is 2. The highest BCUT2D eigenvalue weighted by atomic mass is 35.5. The van der Waals surface area contributed by atoms with E-state index in [0.29, 0.717) is 20.5 Å². The second-order valence-corrected chi connectivity index (χ2v) is 5.58. The highest BCUT2D eigenvalue weighted by molar-refractivity contribution is 7.13. The molecule has 2 nitrogen and oxygen atoms in total. The second kappa shape index (κ2) is 4.43. The first-order valence-corrected chi connectivity index (χ1v) is 6.84. The summed E-state index contributed by atoms with van der Waals surface area (Å²) in [5.41, 5.74) is 1.48. The fourth-order valence-corrected chi connectivity index (χ4v) is 3.13. The Labute approximate surface area is 117 Å². The van der Waals surface area contributed by atoms with Gasteiger partial charge in [0.1, 0.15) is 0 Å². The maximum Gasteiger partial charge on any atom is 0.206 e. The van der Waals surface area contributed by atoms with E-state index in [4.69, 9.17) is 23.2 Å². The molecule has 0 atom stereocenters. The van der Waals surface area contributed by atoms with Crippen LogP contribution in [0.2, 0.25) is 10.0 Å². The summed E-state index contributed by atoms with van der Waals surface area (Å²) in [6.45, 7) is 0. The number of rotatable bonds is 2. The normalized spacial score (nSPS) is 11.0. The number of ketones is 1. The predicted molar refractivity (Wildman–Crippen MR) is 76.1 cm³/mol. The highest BCUT2D eigenvalue weighted by Crippen LogP contribution is 2.29. The molecule has 0 saturated heterocycles. The SMILES string of the molecule is O=C(c1sccc1Cl)c1c[nH]c2ccc(Cl)cc12. The van der Waals surface area contributed by atoms with Gasteiger partial charge in [-0.1, -0.05) is 23.2 Å². The lowest BCUT2D eigenvalue weighted by Gasteiger charge is -1.98. The molecule has 1 aromatic carbocycles. The Kier molecular flexibility index (Phi) is 2.90. The molecule has 1 N–H and O–H groups in total. The van der Waals surface area contributed by atoms with Gasteiger partial charge in [0.05, 0.1) is 9.90 Å². The number of aromatic amines is 1. The van der Waals surface area contributed by atoms with E-state index >= 15 is 0 Å². The molecular weight excluding hydrogens is 289 g/mol. The first kappa shape index (κ1) is 11.8. The van der Waals surface area contributed by atoms with Crippen LogP contribution >= 0.6 is 34.5 Å². The molecule has 5 heteroatoms. The molecule has 0 aliphatic rings. The van der Waals surface area contributed by atoms with Crippen molar-refractivity contribution in [3.05, 3.63) is 56.3 Å². The number of fused-ring (bicyclic) bond motifs is 1. The maximum absolute atomic E-state index is 12.4. The molecule has 0 spiro atoms. The van der Waals surface area contributed by atoms with Crippen LogP contribution in [0.3, 0.4) is 0 Å². The Hall–Kier alpha value is -1.29. The quantitative estimate of drug-likeness (QED) is 0.679. The monoisotopic (exact) mass is 295 g/mol. The fourth-order valence-electron chi connectivity index (χ4n) is 1.86. The average Bonchev–Trinajstić information content (AvgIpc) is 2.94. The number of aromatic nitrogens is 1. The minimum Gasteiger partial charge on any atom is -0.360 e. The Morgan fingerprint density at radius 1 is 1.22 bits per heavy atom. The van der Waals surface area contributed by atoms with E-state index in [1.165, 1.54) is 11.3 Å². The third kappa shape index (κ3) is 1.85. The molecule has 0 amide bonds. The third-order valence-electron chi connectivity index (χ3n) is 2.71. The van der Waals surface area contributed by atoms with Crippen LogP contribution in [0.15, 0.2) is 35.8 Å². The number of carbonyl (C=O) groups is 1. The number of hydrogen-bond donors (Lipinski definition) is 1. The minimum atomic E-state index is -0.0801. The Morgan fingerprint density at radius 2 is 2.06 bits per heavy atom. The Balaban J connectivity index is 2.18. The third-order valence-corrected chi connectivity index (χ3v) is 4.29. The number of nitrogens with one attached hydrogen (secondary N) is 1. The summed E-state index contributed by atoms with van der Waals surface area (Å²) in [5.74, 6) is -0.0801.